The van der Waals surface area contributed by atoms with Crippen LogP contribution < -0.4 is 10.1 Å². The van der Waals surface area contributed by atoms with Gasteiger partial charge in [-0.1, -0.05) is 6.92 Å². The van der Waals surface area contributed by atoms with Crippen molar-refractivity contribution < 1.29 is 18.7 Å². The van der Waals surface area contributed by atoms with Crippen LogP contribution in [-0.2, 0) is 11.4 Å². The van der Waals surface area contributed by atoms with Crippen LogP contribution in [0, 0.1) is 6.92 Å². The minimum absolute atomic E-state index is 0.0721. The van der Waals surface area contributed by atoms with Crippen LogP contribution in [0.4, 0.5) is 5.69 Å². The number of carbonyl (C=O) groups excluding carboxylic acids is 2. The van der Waals surface area contributed by atoms with Crippen molar-refractivity contribution in [2.45, 2.75) is 40.2 Å². The van der Waals surface area contributed by atoms with Crippen LogP contribution in [0.5, 0.6) is 5.75 Å². The van der Waals surface area contributed by atoms with Crippen molar-refractivity contribution in [3.8, 4) is 5.75 Å². The highest BCUT2D eigenvalue weighted by atomic mass is 16.5. The van der Waals surface area contributed by atoms with E-state index < -0.39 is 0 Å². The van der Waals surface area contributed by atoms with Gasteiger partial charge in [-0.15, -0.1) is 10.2 Å². The van der Waals surface area contributed by atoms with Crippen molar-refractivity contribution in [2.24, 2.45) is 0 Å². The maximum atomic E-state index is 11.8. The number of anilines is 1. The fourth-order valence-corrected chi connectivity index (χ4v) is 1.99. The lowest BCUT2D eigenvalue weighted by Gasteiger charge is -2.11. The van der Waals surface area contributed by atoms with Gasteiger partial charge in [0.1, 0.15) is 5.75 Å². The Labute approximate surface area is 134 Å². The number of aromatic nitrogens is 2. The maximum Gasteiger partial charge on any atom is 0.253 e. The number of hydrogen-bond acceptors (Lipinski definition) is 6. The van der Waals surface area contributed by atoms with Crippen molar-refractivity contribution in [1.82, 2.24) is 10.2 Å². The molecule has 2 aromatic rings. The van der Waals surface area contributed by atoms with Gasteiger partial charge in [0.05, 0.1) is 5.56 Å². The summed E-state index contributed by atoms with van der Waals surface area (Å²) in [6.07, 6.45) is 1.19. The van der Waals surface area contributed by atoms with E-state index >= 15 is 0 Å². The summed E-state index contributed by atoms with van der Waals surface area (Å²) in [5, 5.41) is 10.3. The molecule has 1 aromatic heterocycles. The molecule has 1 amide bonds. The number of aryl methyl sites for hydroxylation is 1. The Morgan fingerprint density at radius 2 is 2.09 bits per heavy atom. The summed E-state index contributed by atoms with van der Waals surface area (Å²) < 4.78 is 10.8. The second kappa shape index (κ2) is 7.53. The largest absolute Gasteiger partial charge is 0.483 e. The first kappa shape index (κ1) is 16.7. The molecule has 0 saturated carbocycles. The fourth-order valence-electron chi connectivity index (χ4n) is 1.99. The Hall–Kier alpha value is -2.70. The van der Waals surface area contributed by atoms with Crippen molar-refractivity contribution in [1.29, 1.82) is 0 Å². The Balaban J connectivity index is 2.12. The predicted molar refractivity (Wildman–Crippen MR) is 83.4 cm³/mol. The van der Waals surface area contributed by atoms with E-state index in [0.717, 1.165) is 6.42 Å². The monoisotopic (exact) mass is 317 g/mol. The number of Topliss-reactive ketones (excluding diaryl/α,β-unsaturated/α-hetero) is 1. The van der Waals surface area contributed by atoms with E-state index in [4.69, 9.17) is 9.15 Å². The van der Waals surface area contributed by atoms with Gasteiger partial charge in [-0.2, -0.15) is 0 Å². The van der Waals surface area contributed by atoms with Gasteiger partial charge >= 0.3 is 0 Å². The summed E-state index contributed by atoms with van der Waals surface area (Å²) in [6, 6.07) is 4.93. The van der Waals surface area contributed by atoms with E-state index in [9.17, 15) is 9.59 Å². The number of ether oxygens (including phenoxy) is 1. The van der Waals surface area contributed by atoms with Gasteiger partial charge in [0.2, 0.25) is 11.8 Å². The number of hydrogen-bond donors (Lipinski definition) is 1. The smallest absolute Gasteiger partial charge is 0.253 e. The number of nitrogens with zero attached hydrogens (tertiary/aromatic N) is 2. The molecule has 122 valence electrons. The van der Waals surface area contributed by atoms with Crippen LogP contribution >= 0.6 is 0 Å². The molecule has 0 atom stereocenters. The highest BCUT2D eigenvalue weighted by molar-refractivity contribution is 5.99. The molecule has 0 aliphatic rings. The molecule has 1 heterocycles. The molecular weight excluding hydrogens is 298 g/mol. The van der Waals surface area contributed by atoms with Crippen LogP contribution in [0.25, 0.3) is 0 Å². The number of carbonyl (C=O) groups is 2. The third kappa shape index (κ3) is 4.64. The summed E-state index contributed by atoms with van der Waals surface area (Å²) in [7, 11) is 0. The summed E-state index contributed by atoms with van der Waals surface area (Å²) in [6.45, 7) is 5.13. The highest BCUT2D eigenvalue weighted by Gasteiger charge is 2.12. The quantitative estimate of drug-likeness (QED) is 0.789. The van der Waals surface area contributed by atoms with E-state index in [1.807, 2.05) is 6.92 Å². The molecule has 0 saturated heterocycles. The van der Waals surface area contributed by atoms with Crippen LogP contribution in [0.15, 0.2) is 22.6 Å². The van der Waals surface area contributed by atoms with Crippen molar-refractivity contribution in [3.05, 3.63) is 35.5 Å². The molecule has 1 N–H and O–H groups in total. The molecule has 0 unspecified atom stereocenters. The van der Waals surface area contributed by atoms with E-state index in [1.165, 1.54) is 6.92 Å². The van der Waals surface area contributed by atoms with Crippen LogP contribution in [0.1, 0.15) is 48.8 Å². The third-order valence-electron chi connectivity index (χ3n) is 3.04. The highest BCUT2D eigenvalue weighted by Crippen LogP contribution is 2.24. The molecule has 0 fully saturated rings. The second-order valence-corrected chi connectivity index (χ2v) is 5.07. The number of rotatable bonds is 7. The van der Waals surface area contributed by atoms with Gasteiger partial charge in [0, 0.05) is 19.0 Å². The van der Waals surface area contributed by atoms with E-state index in [1.54, 1.807) is 25.1 Å². The zero-order valence-electron chi connectivity index (χ0n) is 13.4. The summed E-state index contributed by atoms with van der Waals surface area (Å²) >= 11 is 0. The average Bonchev–Trinajstić information content (AvgIpc) is 2.91. The molecular formula is C16H19N3O4. The molecule has 7 heteroatoms. The Morgan fingerprint density at radius 3 is 2.70 bits per heavy atom. The molecule has 0 bridgehead atoms. The van der Waals surface area contributed by atoms with Crippen molar-refractivity contribution in [3.63, 3.8) is 0 Å². The van der Waals surface area contributed by atoms with Crippen LogP contribution in [-0.4, -0.2) is 21.9 Å². The van der Waals surface area contributed by atoms with E-state index in [2.05, 4.69) is 15.5 Å². The molecule has 2 rings (SSSR count). The van der Waals surface area contributed by atoms with Gasteiger partial charge in [0.15, 0.2) is 12.4 Å². The first-order valence-electron chi connectivity index (χ1n) is 7.36. The number of nitrogens with one attached hydrogen (secondary N) is 1. The predicted octanol–water partition coefficient (Wildman–Crippen LogP) is 2.90. The van der Waals surface area contributed by atoms with Gasteiger partial charge in [-0.25, -0.2) is 0 Å². The molecule has 0 aliphatic carbocycles. The lowest BCUT2D eigenvalue weighted by molar-refractivity contribution is -0.116. The average molecular weight is 317 g/mol. The van der Waals surface area contributed by atoms with Gasteiger partial charge in [-0.3, -0.25) is 9.59 Å². The Morgan fingerprint density at radius 1 is 1.30 bits per heavy atom. The lowest BCUT2D eigenvalue weighted by Crippen LogP contribution is -2.11. The van der Waals surface area contributed by atoms with Crippen molar-refractivity contribution >= 4 is 17.4 Å². The van der Waals surface area contributed by atoms with Gasteiger partial charge in [0.25, 0.3) is 5.89 Å². The minimum Gasteiger partial charge on any atom is -0.483 e. The standard InChI is InChI=1S/C16H19N3O4/c1-4-5-15(21)17-12-6-7-14(13(8-12)10(2)20)22-9-16-19-18-11(3)23-16/h6-8H,4-5,9H2,1-3H3,(H,17,21). The molecule has 23 heavy (non-hydrogen) atoms. The van der Waals surface area contributed by atoms with E-state index in [-0.39, 0.29) is 18.3 Å². The molecule has 0 aliphatic heterocycles. The number of amides is 1. The van der Waals surface area contributed by atoms with E-state index in [0.29, 0.717) is 35.2 Å². The normalized spacial score (nSPS) is 10.4. The molecule has 7 nitrogen and oxygen atoms in total. The summed E-state index contributed by atoms with van der Waals surface area (Å²) in [4.78, 5) is 23.4. The Bertz CT molecular complexity index is 709. The summed E-state index contributed by atoms with van der Waals surface area (Å²) in [5.74, 6) is 0.939. The third-order valence-corrected chi connectivity index (χ3v) is 3.04. The van der Waals surface area contributed by atoms with Crippen LogP contribution in [0.2, 0.25) is 0 Å². The van der Waals surface area contributed by atoms with Gasteiger partial charge in [-0.05, 0) is 31.5 Å². The summed E-state index contributed by atoms with van der Waals surface area (Å²) in [5.41, 5.74) is 0.949. The SMILES string of the molecule is CCCC(=O)Nc1ccc(OCc2nnc(C)o2)c(C(C)=O)c1. The lowest BCUT2D eigenvalue weighted by atomic mass is 10.1. The first-order chi connectivity index (χ1) is 11.0. The Kier molecular flexibility index (Phi) is 5.46. The van der Waals surface area contributed by atoms with Crippen LogP contribution in [0.3, 0.4) is 0 Å². The fraction of sp³-hybridized carbons (Fsp3) is 0.375. The minimum atomic E-state index is -0.159. The van der Waals surface area contributed by atoms with Crippen molar-refractivity contribution in [2.75, 3.05) is 5.32 Å². The number of ketones is 1. The zero-order chi connectivity index (χ0) is 16.8. The molecule has 0 radical (unpaired) electrons. The molecule has 0 spiro atoms. The second-order valence-electron chi connectivity index (χ2n) is 5.07. The van der Waals surface area contributed by atoms with Gasteiger partial charge < -0.3 is 14.5 Å². The number of benzene rings is 1. The zero-order valence-corrected chi connectivity index (χ0v) is 13.4. The molecule has 1 aromatic carbocycles. The topological polar surface area (TPSA) is 94.3 Å². The first-order valence-corrected chi connectivity index (χ1v) is 7.36. The maximum absolute atomic E-state index is 11.8.